The molecule has 0 aromatic carbocycles. The molecule has 0 aromatic rings. The zero-order valence-corrected chi connectivity index (χ0v) is 5.62. The third-order valence-electron chi connectivity index (χ3n) is 1.48. The largest absolute Gasteiger partial charge is 0.425 e. The maximum atomic E-state index is 4.04. The van der Waals surface area contributed by atoms with Crippen LogP contribution < -0.4 is 10.3 Å². The first-order chi connectivity index (χ1) is 4.95. The molecule has 1 aliphatic carbocycles. The van der Waals surface area contributed by atoms with E-state index in [0.29, 0.717) is 6.04 Å². The molecule has 2 aliphatic rings. The molecule has 3 heteroatoms. The molecule has 0 amide bonds. The summed E-state index contributed by atoms with van der Waals surface area (Å²) in [5.74, 6) is 0.755. The lowest BCUT2D eigenvalue weighted by Gasteiger charge is -1.91. The molecule has 1 saturated carbocycles. The number of hydrogen-bond acceptors (Lipinski definition) is 3. The second kappa shape index (κ2) is 2.25. The molecule has 0 unspecified atom stereocenters. The van der Waals surface area contributed by atoms with E-state index in [4.69, 9.17) is 0 Å². The summed E-state index contributed by atoms with van der Waals surface area (Å²) in [5, 5.41) is 3.19. The molecule has 1 fully saturated rings. The van der Waals surface area contributed by atoms with Gasteiger partial charge in [-0.1, -0.05) is 9.98 Å². The first-order valence-electron chi connectivity index (χ1n) is 3.49. The normalized spacial score (nSPS) is 22.6. The van der Waals surface area contributed by atoms with E-state index in [1.165, 1.54) is 12.8 Å². The van der Waals surface area contributed by atoms with Gasteiger partial charge in [-0.2, -0.15) is 0 Å². The summed E-state index contributed by atoms with van der Waals surface area (Å²) in [5.41, 5.74) is 0. The molecule has 0 bridgehead atoms. The van der Waals surface area contributed by atoms with Crippen LogP contribution in [0.25, 0.3) is 0 Å². The first-order valence-corrected chi connectivity index (χ1v) is 3.49. The quantitative estimate of drug-likeness (QED) is 0.541. The van der Waals surface area contributed by atoms with Crippen molar-refractivity contribution in [2.75, 3.05) is 0 Å². The van der Waals surface area contributed by atoms with E-state index in [0.717, 1.165) is 5.96 Å². The van der Waals surface area contributed by atoms with Gasteiger partial charge in [0.25, 0.3) is 0 Å². The highest BCUT2D eigenvalue weighted by Gasteiger charge is 2.27. The SMILES string of the molecule is C1=CN=C(NC2CC2)[N+]=C1. The van der Waals surface area contributed by atoms with Crippen LogP contribution in [0.2, 0.25) is 0 Å². The molecule has 10 heavy (non-hydrogen) atoms. The van der Waals surface area contributed by atoms with Crippen molar-refractivity contribution >= 4 is 12.2 Å². The number of guanidine groups is 1. The van der Waals surface area contributed by atoms with Crippen LogP contribution in [0.1, 0.15) is 12.8 Å². The smallest absolute Gasteiger partial charge is 0.269 e. The average Bonchev–Trinajstić information content (AvgIpc) is 2.74. The van der Waals surface area contributed by atoms with Gasteiger partial charge in [-0.25, -0.2) is 0 Å². The van der Waals surface area contributed by atoms with Crippen LogP contribution in [-0.4, -0.2) is 18.2 Å². The minimum Gasteiger partial charge on any atom is -0.269 e. The summed E-state index contributed by atoms with van der Waals surface area (Å²) in [6, 6.07) is 0.641. The predicted octanol–water partition coefficient (Wildman–Crippen LogP) is 0.0283. The van der Waals surface area contributed by atoms with Gasteiger partial charge in [0.2, 0.25) is 0 Å². The average molecular weight is 135 g/mol. The Kier molecular flexibility index (Phi) is 1.27. The highest BCUT2D eigenvalue weighted by Crippen LogP contribution is 2.18. The van der Waals surface area contributed by atoms with Gasteiger partial charge in [-0.05, 0) is 12.8 Å². The molecule has 1 N–H and O–H groups in total. The Morgan fingerprint density at radius 2 is 2.50 bits per heavy atom. The van der Waals surface area contributed by atoms with Gasteiger partial charge < -0.3 is 0 Å². The van der Waals surface area contributed by atoms with Crippen LogP contribution >= 0.6 is 0 Å². The van der Waals surface area contributed by atoms with Gasteiger partial charge in [0, 0.05) is 6.08 Å². The highest BCUT2D eigenvalue weighted by atomic mass is 15.2. The van der Waals surface area contributed by atoms with Crippen LogP contribution in [0.15, 0.2) is 17.3 Å². The molecule has 0 spiro atoms. The lowest BCUT2D eigenvalue weighted by Crippen LogP contribution is -2.30. The van der Waals surface area contributed by atoms with E-state index in [-0.39, 0.29) is 0 Å². The molecular weight excluding hydrogens is 126 g/mol. The number of rotatable bonds is 1. The maximum Gasteiger partial charge on any atom is 0.425 e. The minimum atomic E-state index is 0.641. The van der Waals surface area contributed by atoms with Crippen molar-refractivity contribution in [2.45, 2.75) is 18.9 Å². The Bertz CT molecular complexity index is 211. The van der Waals surface area contributed by atoms with Crippen LogP contribution in [0.5, 0.6) is 0 Å². The summed E-state index contributed by atoms with van der Waals surface area (Å²) in [6.45, 7) is 0. The fraction of sp³-hybridized carbons (Fsp3) is 0.429. The molecule has 51 valence electrons. The molecule has 0 aromatic heterocycles. The third-order valence-corrected chi connectivity index (χ3v) is 1.48. The monoisotopic (exact) mass is 135 g/mol. The molecule has 3 nitrogen and oxygen atoms in total. The first kappa shape index (κ1) is 5.65. The van der Waals surface area contributed by atoms with Gasteiger partial charge in [0.15, 0.2) is 0 Å². The van der Waals surface area contributed by atoms with E-state index in [1.54, 1.807) is 12.4 Å². The van der Waals surface area contributed by atoms with E-state index in [2.05, 4.69) is 15.3 Å². The van der Waals surface area contributed by atoms with Gasteiger partial charge in [0.1, 0.15) is 12.4 Å². The van der Waals surface area contributed by atoms with Crippen molar-refractivity contribution in [3.8, 4) is 0 Å². The standard InChI is InChI=1S/C7H9N3/c1-4-8-7(9-5-1)10-6-2-3-6/h1,4-6H,2-3H2,(H,8,10)/q+1. The Morgan fingerprint density at radius 3 is 3.10 bits per heavy atom. The number of aliphatic imine (C=N–C) groups is 2. The third kappa shape index (κ3) is 1.23. The van der Waals surface area contributed by atoms with Crippen LogP contribution in [0, 0.1) is 0 Å². The summed E-state index contributed by atoms with van der Waals surface area (Å²) < 4.78 is 0. The van der Waals surface area contributed by atoms with E-state index in [1.807, 2.05) is 6.08 Å². The lowest BCUT2D eigenvalue weighted by atomic mass is 10.6. The van der Waals surface area contributed by atoms with E-state index < -0.39 is 0 Å². The van der Waals surface area contributed by atoms with E-state index in [9.17, 15) is 0 Å². The van der Waals surface area contributed by atoms with Crippen LogP contribution in [0.3, 0.4) is 0 Å². The summed E-state index contributed by atoms with van der Waals surface area (Å²) in [7, 11) is 0. The fourth-order valence-electron chi connectivity index (χ4n) is 0.784. The maximum absolute atomic E-state index is 4.04. The van der Waals surface area contributed by atoms with Gasteiger partial charge in [-0.3, -0.25) is 5.32 Å². The molecule has 0 saturated heterocycles. The Hall–Kier alpha value is -1.12. The Morgan fingerprint density at radius 1 is 1.60 bits per heavy atom. The Labute approximate surface area is 59.6 Å². The van der Waals surface area contributed by atoms with Gasteiger partial charge in [0.05, 0.1) is 6.04 Å². The van der Waals surface area contributed by atoms with Gasteiger partial charge in [-0.15, -0.1) is 0 Å². The van der Waals surface area contributed by atoms with Crippen molar-refractivity contribution in [3.63, 3.8) is 0 Å². The van der Waals surface area contributed by atoms with E-state index >= 15 is 0 Å². The van der Waals surface area contributed by atoms with Crippen LogP contribution in [-0.2, 0) is 0 Å². The number of allylic oxidation sites excluding steroid dienone is 1. The second-order valence-corrected chi connectivity index (χ2v) is 2.49. The van der Waals surface area contributed by atoms with Crippen molar-refractivity contribution in [1.82, 2.24) is 10.3 Å². The minimum absolute atomic E-state index is 0.641. The lowest BCUT2D eigenvalue weighted by molar-refractivity contribution is 0.887. The predicted molar refractivity (Wildman–Crippen MR) is 40.9 cm³/mol. The Balaban J connectivity index is 1.96. The number of hydrogen-bond donors (Lipinski definition) is 1. The summed E-state index contributed by atoms with van der Waals surface area (Å²) in [4.78, 5) is 8.07. The zero-order valence-electron chi connectivity index (χ0n) is 5.62. The highest BCUT2D eigenvalue weighted by molar-refractivity contribution is 5.91. The molecule has 1 radical (unpaired) electrons. The second-order valence-electron chi connectivity index (χ2n) is 2.49. The molecule has 0 atom stereocenters. The molecule has 1 heterocycles. The molecule has 2 rings (SSSR count). The van der Waals surface area contributed by atoms with Gasteiger partial charge >= 0.3 is 5.96 Å². The van der Waals surface area contributed by atoms with Crippen LogP contribution in [0.4, 0.5) is 0 Å². The zero-order chi connectivity index (χ0) is 6.81. The molecular formula is C7H9N3+. The number of nitrogens with zero attached hydrogens (tertiary/aromatic N) is 2. The van der Waals surface area contributed by atoms with Crippen molar-refractivity contribution in [1.29, 1.82) is 0 Å². The summed E-state index contributed by atoms with van der Waals surface area (Å²) >= 11 is 0. The van der Waals surface area contributed by atoms with Crippen molar-refractivity contribution in [2.24, 2.45) is 4.99 Å². The molecule has 1 aliphatic heterocycles. The van der Waals surface area contributed by atoms with Crippen molar-refractivity contribution in [3.05, 3.63) is 12.3 Å². The topological polar surface area (TPSA) is 38.5 Å². The fourth-order valence-corrected chi connectivity index (χ4v) is 0.784. The van der Waals surface area contributed by atoms with Crippen molar-refractivity contribution < 1.29 is 0 Å². The number of nitrogens with one attached hydrogen (secondary N) is 1. The summed E-state index contributed by atoms with van der Waals surface area (Å²) in [6.07, 6.45) is 7.84.